The van der Waals surface area contributed by atoms with Crippen molar-refractivity contribution in [2.24, 2.45) is 0 Å². The summed E-state index contributed by atoms with van der Waals surface area (Å²) in [4.78, 5) is 17.1. The van der Waals surface area contributed by atoms with Crippen LogP contribution in [0.3, 0.4) is 0 Å². The maximum absolute atomic E-state index is 12.2. The van der Waals surface area contributed by atoms with Crippen molar-refractivity contribution in [2.45, 2.75) is 26.7 Å². The summed E-state index contributed by atoms with van der Waals surface area (Å²) in [7, 11) is 0. The summed E-state index contributed by atoms with van der Waals surface area (Å²) in [5, 5.41) is 12.7. The number of phenolic OH excluding ortho intramolecular Hbond substituents is 1. The van der Waals surface area contributed by atoms with E-state index in [-0.39, 0.29) is 11.7 Å². The summed E-state index contributed by atoms with van der Waals surface area (Å²) < 4.78 is 0. The minimum Gasteiger partial charge on any atom is -0.507 e. The van der Waals surface area contributed by atoms with E-state index in [1.165, 1.54) is 11.3 Å². The van der Waals surface area contributed by atoms with Crippen molar-refractivity contribution in [1.29, 1.82) is 0 Å². The van der Waals surface area contributed by atoms with Crippen molar-refractivity contribution in [1.82, 2.24) is 10.2 Å². The lowest BCUT2D eigenvalue weighted by Crippen LogP contribution is -2.46. The molecular weight excluding hydrogens is 350 g/mol. The number of piperazine rings is 1. The Morgan fingerprint density at radius 1 is 1.00 bits per heavy atom. The number of phenols is 1. The van der Waals surface area contributed by atoms with Crippen LogP contribution in [0.1, 0.15) is 34.3 Å². The summed E-state index contributed by atoms with van der Waals surface area (Å²) in [6, 6.07) is 13.8. The van der Waals surface area contributed by atoms with Gasteiger partial charge < -0.3 is 15.3 Å². The first-order valence-corrected chi connectivity index (χ1v) is 10.1. The Balaban J connectivity index is 1.33. The predicted molar refractivity (Wildman–Crippen MR) is 114 cm³/mol. The van der Waals surface area contributed by atoms with E-state index in [2.05, 4.69) is 46.3 Å². The second-order valence-electron chi connectivity index (χ2n) is 7.65. The first kappa shape index (κ1) is 20.2. The van der Waals surface area contributed by atoms with Crippen LogP contribution in [0.15, 0.2) is 42.5 Å². The lowest BCUT2D eigenvalue weighted by molar-refractivity contribution is 0.0949. The third-order valence-electron chi connectivity index (χ3n) is 5.32. The maximum atomic E-state index is 12.2. The molecule has 1 fully saturated rings. The molecule has 5 heteroatoms. The molecule has 1 aliphatic heterocycles. The van der Waals surface area contributed by atoms with E-state index in [9.17, 15) is 9.90 Å². The number of carbonyl (C=O) groups excluding carboxylic acids is 1. The van der Waals surface area contributed by atoms with Gasteiger partial charge >= 0.3 is 0 Å². The molecule has 1 heterocycles. The van der Waals surface area contributed by atoms with Gasteiger partial charge in [0.1, 0.15) is 5.75 Å². The zero-order chi connectivity index (χ0) is 19.9. The zero-order valence-corrected chi connectivity index (χ0v) is 16.9. The standard InChI is InChI=1S/C23H31N3O2/c1-18-6-5-7-20(16-18)26-14-12-25(13-15-26)11-4-3-10-24-23(28)21-17-19(2)8-9-22(21)27/h5-9,16-17,27H,3-4,10-15H2,1-2H3,(H,24,28). The number of hydrogen-bond acceptors (Lipinski definition) is 4. The molecule has 1 aliphatic rings. The Kier molecular flexibility index (Phi) is 6.93. The van der Waals surface area contributed by atoms with E-state index >= 15 is 0 Å². The molecule has 0 bridgehead atoms. The topological polar surface area (TPSA) is 55.8 Å². The van der Waals surface area contributed by atoms with E-state index in [0.717, 1.165) is 51.1 Å². The molecule has 1 amide bonds. The van der Waals surface area contributed by atoms with E-state index in [1.807, 2.05) is 6.92 Å². The van der Waals surface area contributed by atoms with Gasteiger partial charge in [-0.15, -0.1) is 0 Å². The highest BCUT2D eigenvalue weighted by molar-refractivity contribution is 5.96. The Bertz CT molecular complexity index is 798. The number of rotatable bonds is 7. The summed E-state index contributed by atoms with van der Waals surface area (Å²) in [6.45, 7) is 10.0. The molecule has 0 radical (unpaired) electrons. The molecule has 0 aromatic heterocycles. The lowest BCUT2D eigenvalue weighted by Gasteiger charge is -2.36. The van der Waals surface area contributed by atoms with E-state index in [1.54, 1.807) is 18.2 Å². The summed E-state index contributed by atoms with van der Waals surface area (Å²) in [6.07, 6.45) is 2.00. The number of anilines is 1. The molecule has 0 atom stereocenters. The molecule has 0 spiro atoms. The first-order valence-electron chi connectivity index (χ1n) is 10.1. The highest BCUT2D eigenvalue weighted by Gasteiger charge is 2.17. The Hall–Kier alpha value is -2.53. The van der Waals surface area contributed by atoms with Crippen LogP contribution in [-0.2, 0) is 0 Å². The van der Waals surface area contributed by atoms with Gasteiger partial charge in [0.05, 0.1) is 5.56 Å². The van der Waals surface area contributed by atoms with Gasteiger partial charge in [-0.2, -0.15) is 0 Å². The molecule has 150 valence electrons. The summed E-state index contributed by atoms with van der Waals surface area (Å²) in [5.74, 6) is -0.164. The summed E-state index contributed by atoms with van der Waals surface area (Å²) >= 11 is 0. The van der Waals surface area contributed by atoms with E-state index in [4.69, 9.17) is 0 Å². The first-order chi connectivity index (χ1) is 13.5. The second kappa shape index (κ2) is 9.60. The van der Waals surface area contributed by atoms with Gasteiger partial charge in [0.15, 0.2) is 0 Å². The van der Waals surface area contributed by atoms with Crippen LogP contribution in [0.5, 0.6) is 5.75 Å². The number of carbonyl (C=O) groups is 1. The minimum atomic E-state index is -0.201. The van der Waals surface area contributed by atoms with Crippen LogP contribution in [0.2, 0.25) is 0 Å². The fourth-order valence-electron chi connectivity index (χ4n) is 3.64. The number of aryl methyl sites for hydroxylation is 2. The van der Waals surface area contributed by atoms with Gasteiger partial charge in [0, 0.05) is 38.4 Å². The highest BCUT2D eigenvalue weighted by atomic mass is 16.3. The lowest BCUT2D eigenvalue weighted by atomic mass is 10.1. The molecule has 2 N–H and O–H groups in total. The fraction of sp³-hybridized carbons (Fsp3) is 0.435. The molecule has 1 saturated heterocycles. The molecule has 2 aromatic carbocycles. The molecule has 0 unspecified atom stereocenters. The van der Waals surface area contributed by atoms with Gasteiger partial charge in [0.2, 0.25) is 0 Å². The van der Waals surface area contributed by atoms with Gasteiger partial charge in [-0.3, -0.25) is 9.69 Å². The van der Waals surface area contributed by atoms with E-state index in [0.29, 0.717) is 12.1 Å². The van der Waals surface area contributed by atoms with Crippen molar-refractivity contribution < 1.29 is 9.90 Å². The maximum Gasteiger partial charge on any atom is 0.255 e. The number of hydrogen-bond donors (Lipinski definition) is 2. The van der Waals surface area contributed by atoms with Gasteiger partial charge in [-0.05, 0) is 63.1 Å². The SMILES string of the molecule is Cc1cccc(N2CCN(CCCCNC(=O)c3cc(C)ccc3O)CC2)c1. The highest BCUT2D eigenvalue weighted by Crippen LogP contribution is 2.19. The second-order valence-corrected chi connectivity index (χ2v) is 7.65. The van der Waals surface area contributed by atoms with Crippen molar-refractivity contribution in [3.8, 4) is 5.75 Å². The van der Waals surface area contributed by atoms with Crippen molar-refractivity contribution in [2.75, 3.05) is 44.2 Å². The van der Waals surface area contributed by atoms with Crippen LogP contribution in [0.4, 0.5) is 5.69 Å². The third kappa shape index (κ3) is 5.49. The molecule has 0 aliphatic carbocycles. The number of benzene rings is 2. The summed E-state index contributed by atoms with van der Waals surface area (Å²) in [5.41, 5.74) is 3.95. The molecule has 2 aromatic rings. The third-order valence-corrected chi connectivity index (χ3v) is 5.32. The molecule has 3 rings (SSSR count). The van der Waals surface area contributed by atoms with Crippen molar-refractivity contribution in [3.05, 3.63) is 59.2 Å². The van der Waals surface area contributed by atoms with Crippen molar-refractivity contribution >= 4 is 11.6 Å². The molecule has 0 saturated carbocycles. The average Bonchev–Trinajstić information content (AvgIpc) is 2.70. The smallest absolute Gasteiger partial charge is 0.255 e. The Morgan fingerprint density at radius 3 is 2.50 bits per heavy atom. The largest absolute Gasteiger partial charge is 0.507 e. The molecule has 28 heavy (non-hydrogen) atoms. The van der Waals surface area contributed by atoms with Crippen molar-refractivity contribution in [3.63, 3.8) is 0 Å². The normalized spacial score (nSPS) is 14.9. The van der Waals surface area contributed by atoms with Crippen LogP contribution in [0.25, 0.3) is 0 Å². The van der Waals surface area contributed by atoms with Crippen LogP contribution in [0, 0.1) is 13.8 Å². The Morgan fingerprint density at radius 2 is 1.75 bits per heavy atom. The van der Waals surface area contributed by atoms with Gasteiger partial charge in [0.25, 0.3) is 5.91 Å². The fourth-order valence-corrected chi connectivity index (χ4v) is 3.64. The van der Waals surface area contributed by atoms with Gasteiger partial charge in [-0.25, -0.2) is 0 Å². The molecule has 5 nitrogen and oxygen atoms in total. The predicted octanol–water partition coefficient (Wildman–Crippen LogP) is 3.34. The van der Waals surface area contributed by atoms with Gasteiger partial charge in [-0.1, -0.05) is 23.8 Å². The number of amides is 1. The number of nitrogens with zero attached hydrogens (tertiary/aromatic N) is 2. The quantitative estimate of drug-likeness (QED) is 0.723. The van der Waals surface area contributed by atoms with Crippen LogP contribution < -0.4 is 10.2 Å². The molecular formula is C23H31N3O2. The number of aromatic hydroxyl groups is 1. The minimum absolute atomic E-state index is 0.0366. The number of nitrogens with one attached hydrogen (secondary N) is 1. The van der Waals surface area contributed by atoms with Crippen LogP contribution in [-0.4, -0.2) is 55.2 Å². The Labute approximate surface area is 168 Å². The zero-order valence-electron chi connectivity index (χ0n) is 16.9. The average molecular weight is 382 g/mol. The van der Waals surface area contributed by atoms with E-state index < -0.39 is 0 Å². The monoisotopic (exact) mass is 381 g/mol. The van der Waals surface area contributed by atoms with Crippen LogP contribution >= 0.6 is 0 Å². The number of unbranched alkanes of at least 4 members (excludes halogenated alkanes) is 1.